The number of rotatable bonds is 2. The van der Waals surface area contributed by atoms with E-state index in [-0.39, 0.29) is 0 Å². The van der Waals surface area contributed by atoms with E-state index in [9.17, 15) is 18.3 Å². The first-order valence-electron chi connectivity index (χ1n) is 4.66. The van der Waals surface area contributed by atoms with Crippen LogP contribution in [0.5, 0.6) is 0 Å². The SMILES string of the molecule is CC(C)(c1ccc(Br)cc1)[C@H](O)C(F)(F)F. The average Bonchev–Trinajstić information content (AvgIpc) is 2.16. The molecule has 0 aromatic heterocycles. The Bertz CT molecular complexity index is 356. The summed E-state index contributed by atoms with van der Waals surface area (Å²) in [7, 11) is 0. The Kier molecular flexibility index (Phi) is 3.69. The first kappa shape index (κ1) is 13.5. The molecule has 0 aliphatic heterocycles. The largest absolute Gasteiger partial charge is 0.415 e. The molecule has 90 valence electrons. The first-order valence-corrected chi connectivity index (χ1v) is 5.46. The van der Waals surface area contributed by atoms with Crippen LogP contribution in [-0.2, 0) is 5.41 Å². The van der Waals surface area contributed by atoms with Gasteiger partial charge in [0.2, 0.25) is 0 Å². The summed E-state index contributed by atoms with van der Waals surface area (Å²) >= 11 is 3.20. The molecule has 0 aliphatic carbocycles. The molecule has 0 fully saturated rings. The van der Waals surface area contributed by atoms with Gasteiger partial charge in [0, 0.05) is 9.89 Å². The van der Waals surface area contributed by atoms with Crippen LogP contribution in [0.2, 0.25) is 0 Å². The third-order valence-electron chi connectivity index (χ3n) is 2.58. The normalized spacial score (nSPS) is 14.9. The highest BCUT2D eigenvalue weighted by Crippen LogP contribution is 2.36. The predicted octanol–water partition coefficient (Wildman–Crippen LogP) is 3.65. The molecule has 0 saturated heterocycles. The average molecular weight is 297 g/mol. The van der Waals surface area contributed by atoms with Gasteiger partial charge in [-0.2, -0.15) is 13.2 Å². The highest BCUT2D eigenvalue weighted by Gasteiger charge is 2.48. The zero-order valence-electron chi connectivity index (χ0n) is 8.85. The summed E-state index contributed by atoms with van der Waals surface area (Å²) in [6.45, 7) is 2.74. The first-order chi connectivity index (χ1) is 7.15. The Labute approximate surface area is 100 Å². The van der Waals surface area contributed by atoms with Gasteiger partial charge >= 0.3 is 6.18 Å². The number of aliphatic hydroxyl groups excluding tert-OH is 1. The summed E-state index contributed by atoms with van der Waals surface area (Å²) in [5.74, 6) is 0. The lowest BCUT2D eigenvalue weighted by Gasteiger charge is -2.32. The number of hydrogen-bond donors (Lipinski definition) is 1. The van der Waals surface area contributed by atoms with Crippen LogP contribution in [0.1, 0.15) is 19.4 Å². The smallest absolute Gasteiger partial charge is 0.383 e. The number of benzene rings is 1. The van der Waals surface area contributed by atoms with Crippen LogP contribution in [0, 0.1) is 0 Å². The molecule has 0 saturated carbocycles. The number of aliphatic hydroxyl groups is 1. The monoisotopic (exact) mass is 296 g/mol. The summed E-state index contributed by atoms with van der Waals surface area (Å²) in [6, 6.07) is 6.44. The van der Waals surface area contributed by atoms with E-state index in [1.807, 2.05) is 0 Å². The molecule has 0 amide bonds. The van der Waals surface area contributed by atoms with Crippen molar-refractivity contribution < 1.29 is 18.3 Å². The van der Waals surface area contributed by atoms with Crippen molar-refractivity contribution in [3.05, 3.63) is 34.3 Å². The fraction of sp³-hybridized carbons (Fsp3) is 0.455. The molecule has 1 rings (SSSR count). The summed E-state index contributed by atoms with van der Waals surface area (Å²) in [6.07, 6.45) is -6.99. The van der Waals surface area contributed by atoms with Crippen LogP contribution >= 0.6 is 15.9 Å². The van der Waals surface area contributed by atoms with Gasteiger partial charge in [-0.3, -0.25) is 0 Å². The molecule has 1 aromatic carbocycles. The van der Waals surface area contributed by atoms with Gasteiger partial charge in [-0.1, -0.05) is 41.9 Å². The van der Waals surface area contributed by atoms with Crippen molar-refractivity contribution in [2.75, 3.05) is 0 Å². The highest BCUT2D eigenvalue weighted by atomic mass is 79.9. The van der Waals surface area contributed by atoms with Crippen LogP contribution < -0.4 is 0 Å². The van der Waals surface area contributed by atoms with Crippen molar-refractivity contribution in [1.29, 1.82) is 0 Å². The van der Waals surface area contributed by atoms with E-state index in [0.29, 0.717) is 5.56 Å². The lowest BCUT2D eigenvalue weighted by Crippen LogP contribution is -2.44. The maximum Gasteiger partial charge on any atom is 0.415 e. The van der Waals surface area contributed by atoms with E-state index >= 15 is 0 Å². The molecular weight excluding hydrogens is 285 g/mol. The van der Waals surface area contributed by atoms with Gasteiger partial charge in [-0.15, -0.1) is 0 Å². The zero-order valence-corrected chi connectivity index (χ0v) is 10.4. The van der Waals surface area contributed by atoms with Gasteiger partial charge in [0.05, 0.1) is 0 Å². The van der Waals surface area contributed by atoms with Crippen LogP contribution in [0.25, 0.3) is 0 Å². The van der Waals surface area contributed by atoms with Gasteiger partial charge in [0.1, 0.15) is 0 Å². The second kappa shape index (κ2) is 4.37. The van der Waals surface area contributed by atoms with E-state index in [0.717, 1.165) is 4.47 Å². The molecule has 1 N–H and O–H groups in total. The van der Waals surface area contributed by atoms with Crippen molar-refractivity contribution in [1.82, 2.24) is 0 Å². The molecular formula is C11H12BrF3O. The minimum atomic E-state index is -4.61. The molecule has 1 nitrogen and oxygen atoms in total. The number of hydrogen-bond acceptors (Lipinski definition) is 1. The van der Waals surface area contributed by atoms with Crippen molar-refractivity contribution in [3.63, 3.8) is 0 Å². The third kappa shape index (κ3) is 2.77. The van der Waals surface area contributed by atoms with Crippen LogP contribution in [0.4, 0.5) is 13.2 Å². The molecule has 1 atom stereocenters. The predicted molar refractivity (Wildman–Crippen MR) is 59.2 cm³/mol. The maximum atomic E-state index is 12.5. The molecule has 0 radical (unpaired) electrons. The van der Waals surface area contributed by atoms with Gasteiger partial charge in [0.25, 0.3) is 0 Å². The van der Waals surface area contributed by atoms with Gasteiger partial charge in [0.15, 0.2) is 6.10 Å². The molecule has 0 aliphatic rings. The fourth-order valence-corrected chi connectivity index (χ4v) is 1.71. The van der Waals surface area contributed by atoms with Crippen LogP contribution in [0.3, 0.4) is 0 Å². The molecule has 0 unspecified atom stereocenters. The second-order valence-corrected chi connectivity index (χ2v) is 5.09. The van der Waals surface area contributed by atoms with Gasteiger partial charge < -0.3 is 5.11 Å². The number of halogens is 4. The Morgan fingerprint density at radius 1 is 1.12 bits per heavy atom. The standard InChI is InChI=1S/C11H12BrF3O/c1-10(2,9(16)11(13,14)15)7-3-5-8(12)6-4-7/h3-6,9,16H,1-2H3/t9-/m0/s1. The maximum absolute atomic E-state index is 12.5. The Hall–Kier alpha value is -0.550. The Morgan fingerprint density at radius 3 is 1.94 bits per heavy atom. The molecule has 0 bridgehead atoms. The third-order valence-corrected chi connectivity index (χ3v) is 3.11. The Morgan fingerprint density at radius 2 is 1.56 bits per heavy atom. The van der Waals surface area contributed by atoms with Crippen molar-refractivity contribution in [2.45, 2.75) is 31.5 Å². The summed E-state index contributed by atoms with van der Waals surface area (Å²) in [5, 5.41) is 9.30. The minimum Gasteiger partial charge on any atom is -0.383 e. The molecule has 0 spiro atoms. The lowest BCUT2D eigenvalue weighted by molar-refractivity contribution is -0.221. The summed E-state index contributed by atoms with van der Waals surface area (Å²) in [5.41, 5.74) is -0.917. The minimum absolute atomic E-state index is 0.445. The number of alkyl halides is 3. The van der Waals surface area contributed by atoms with E-state index in [2.05, 4.69) is 15.9 Å². The van der Waals surface area contributed by atoms with E-state index in [4.69, 9.17) is 0 Å². The molecule has 5 heteroatoms. The lowest BCUT2D eigenvalue weighted by atomic mass is 9.79. The Balaban J connectivity index is 3.06. The van der Waals surface area contributed by atoms with Crippen LogP contribution in [-0.4, -0.2) is 17.4 Å². The summed E-state index contributed by atoms with van der Waals surface area (Å²) in [4.78, 5) is 0. The van der Waals surface area contributed by atoms with Crippen molar-refractivity contribution in [3.8, 4) is 0 Å². The zero-order chi connectivity index (χ0) is 12.6. The van der Waals surface area contributed by atoms with E-state index < -0.39 is 17.7 Å². The molecule has 16 heavy (non-hydrogen) atoms. The second-order valence-electron chi connectivity index (χ2n) is 4.17. The fourth-order valence-electron chi connectivity index (χ4n) is 1.45. The van der Waals surface area contributed by atoms with Crippen molar-refractivity contribution >= 4 is 15.9 Å². The highest BCUT2D eigenvalue weighted by molar-refractivity contribution is 9.10. The van der Waals surface area contributed by atoms with Gasteiger partial charge in [-0.05, 0) is 17.7 Å². The van der Waals surface area contributed by atoms with Crippen LogP contribution in [0.15, 0.2) is 28.7 Å². The summed E-state index contributed by atoms with van der Waals surface area (Å²) < 4.78 is 38.1. The van der Waals surface area contributed by atoms with Crippen molar-refractivity contribution in [2.24, 2.45) is 0 Å². The molecule has 1 aromatic rings. The topological polar surface area (TPSA) is 20.2 Å². The molecule has 0 heterocycles. The van der Waals surface area contributed by atoms with Gasteiger partial charge in [-0.25, -0.2) is 0 Å². The van der Waals surface area contributed by atoms with E-state index in [1.54, 1.807) is 24.3 Å². The van der Waals surface area contributed by atoms with E-state index in [1.165, 1.54) is 13.8 Å². The quantitative estimate of drug-likeness (QED) is 0.883.